The molecule has 0 saturated heterocycles. The zero-order valence-corrected chi connectivity index (χ0v) is 14.5. The second-order valence-corrected chi connectivity index (χ2v) is 9.05. The molecule has 0 N–H and O–H groups in total. The highest BCUT2D eigenvalue weighted by atomic mass is 79.9. The predicted molar refractivity (Wildman–Crippen MR) is 88.7 cm³/mol. The first kappa shape index (κ1) is 13.9. The third kappa shape index (κ3) is 2.16. The Bertz CT molecular complexity index is 505. The Labute approximate surface area is 139 Å². The van der Waals surface area contributed by atoms with E-state index in [2.05, 4.69) is 28.1 Å². The van der Waals surface area contributed by atoms with E-state index in [1.54, 1.807) is 0 Å². The highest BCUT2D eigenvalue weighted by Gasteiger charge is 2.53. The summed E-state index contributed by atoms with van der Waals surface area (Å²) in [5.74, 6) is 2.93. The molecule has 1 aromatic carbocycles. The van der Waals surface area contributed by atoms with Gasteiger partial charge in [0.05, 0.1) is 10.0 Å². The molecule has 108 valence electrons. The van der Waals surface area contributed by atoms with E-state index in [0.717, 1.165) is 17.8 Å². The van der Waals surface area contributed by atoms with Crippen LogP contribution in [0.4, 0.5) is 0 Å². The fourth-order valence-corrected chi connectivity index (χ4v) is 6.66. The van der Waals surface area contributed by atoms with Crippen molar-refractivity contribution in [3.63, 3.8) is 0 Å². The van der Waals surface area contributed by atoms with Crippen LogP contribution >= 0.6 is 39.1 Å². The Morgan fingerprint density at radius 1 is 0.950 bits per heavy atom. The third-order valence-electron chi connectivity index (χ3n) is 5.86. The lowest BCUT2D eigenvalue weighted by Gasteiger charge is -2.58. The molecule has 0 amide bonds. The van der Waals surface area contributed by atoms with Gasteiger partial charge in [0.25, 0.3) is 0 Å². The van der Waals surface area contributed by atoms with E-state index >= 15 is 0 Å². The van der Waals surface area contributed by atoms with Gasteiger partial charge < -0.3 is 0 Å². The predicted octanol–water partition coefficient (Wildman–Crippen LogP) is 6.65. The van der Waals surface area contributed by atoms with Gasteiger partial charge in [0.15, 0.2) is 0 Å². The molecule has 4 fully saturated rings. The number of hydrogen-bond donors (Lipinski definition) is 0. The number of rotatable bonds is 2. The van der Waals surface area contributed by atoms with Crippen LogP contribution < -0.4 is 0 Å². The number of alkyl halides is 1. The highest BCUT2D eigenvalue weighted by molar-refractivity contribution is 9.09. The average Bonchev–Trinajstić information content (AvgIpc) is 2.39. The molecule has 4 bridgehead atoms. The molecule has 0 spiro atoms. The fraction of sp³-hybridized carbons (Fsp3) is 0.647. The monoisotopic (exact) mass is 372 g/mol. The Kier molecular flexibility index (Phi) is 3.40. The number of hydrogen-bond acceptors (Lipinski definition) is 0. The maximum absolute atomic E-state index is 6.21. The third-order valence-corrected chi connectivity index (χ3v) is 8.10. The first-order chi connectivity index (χ1) is 9.56. The van der Waals surface area contributed by atoms with Crippen molar-refractivity contribution in [2.75, 3.05) is 0 Å². The normalized spacial score (nSPS) is 40.0. The first-order valence-corrected chi connectivity index (χ1v) is 9.32. The van der Waals surface area contributed by atoms with Gasteiger partial charge in [-0.1, -0.05) is 45.2 Å². The van der Waals surface area contributed by atoms with E-state index in [9.17, 15) is 0 Å². The molecule has 0 nitrogen and oxygen atoms in total. The Hall–Kier alpha value is 0.280. The summed E-state index contributed by atoms with van der Waals surface area (Å²) in [7, 11) is 0. The molecule has 0 radical (unpaired) electrons. The van der Waals surface area contributed by atoms with Crippen LogP contribution in [-0.2, 0) is 0 Å². The maximum Gasteiger partial charge on any atom is 0.0595 e. The minimum Gasteiger partial charge on any atom is -0.0833 e. The molecule has 0 heterocycles. The summed E-state index contributed by atoms with van der Waals surface area (Å²) >= 11 is 16.3. The minimum absolute atomic E-state index is 0.429. The zero-order chi connectivity index (χ0) is 13.9. The summed E-state index contributed by atoms with van der Waals surface area (Å²) in [6.45, 7) is 0. The molecule has 5 rings (SSSR count). The zero-order valence-electron chi connectivity index (χ0n) is 11.4. The molecule has 1 atom stereocenters. The molecular formula is C17H19BrCl2. The van der Waals surface area contributed by atoms with Gasteiger partial charge in [-0.15, -0.1) is 0 Å². The van der Waals surface area contributed by atoms with Gasteiger partial charge in [0.2, 0.25) is 0 Å². The number of benzene rings is 1. The molecule has 1 aromatic rings. The lowest BCUT2D eigenvalue weighted by atomic mass is 9.48. The summed E-state index contributed by atoms with van der Waals surface area (Å²) in [4.78, 5) is 0.429. The van der Waals surface area contributed by atoms with Gasteiger partial charge in [-0.05, 0) is 79.4 Å². The summed E-state index contributed by atoms with van der Waals surface area (Å²) in [6.07, 6.45) is 8.65. The summed E-state index contributed by atoms with van der Waals surface area (Å²) in [6, 6.07) is 6.14. The Morgan fingerprint density at radius 2 is 1.50 bits per heavy atom. The first-order valence-electron chi connectivity index (χ1n) is 7.65. The van der Waals surface area contributed by atoms with Crippen LogP contribution in [0.1, 0.15) is 48.9 Å². The topological polar surface area (TPSA) is 0 Å². The van der Waals surface area contributed by atoms with Crippen LogP contribution in [0.3, 0.4) is 0 Å². The van der Waals surface area contributed by atoms with Gasteiger partial charge in [-0.2, -0.15) is 0 Å². The average molecular weight is 374 g/mol. The molecule has 4 saturated carbocycles. The van der Waals surface area contributed by atoms with Gasteiger partial charge in [0, 0.05) is 4.83 Å². The van der Waals surface area contributed by atoms with E-state index in [-0.39, 0.29) is 0 Å². The molecular weight excluding hydrogens is 355 g/mol. The number of halogens is 3. The van der Waals surface area contributed by atoms with Crippen molar-refractivity contribution < 1.29 is 0 Å². The molecule has 0 aromatic heterocycles. The van der Waals surface area contributed by atoms with Crippen molar-refractivity contribution in [1.82, 2.24) is 0 Å². The summed E-state index contributed by atoms with van der Waals surface area (Å²) in [5, 5.41) is 1.33. The molecule has 4 aliphatic carbocycles. The van der Waals surface area contributed by atoms with Crippen molar-refractivity contribution in [2.45, 2.75) is 43.4 Å². The minimum atomic E-state index is 0.429. The van der Waals surface area contributed by atoms with Crippen LogP contribution in [0.5, 0.6) is 0 Å². The van der Waals surface area contributed by atoms with Crippen molar-refractivity contribution in [3.05, 3.63) is 33.8 Å². The van der Waals surface area contributed by atoms with Crippen LogP contribution in [0, 0.1) is 23.2 Å². The van der Waals surface area contributed by atoms with Crippen molar-refractivity contribution >= 4 is 39.1 Å². The molecule has 4 aliphatic rings. The second-order valence-electron chi connectivity index (χ2n) is 7.32. The fourth-order valence-electron chi connectivity index (χ4n) is 5.51. The maximum atomic E-state index is 6.21. The van der Waals surface area contributed by atoms with Crippen molar-refractivity contribution in [3.8, 4) is 0 Å². The van der Waals surface area contributed by atoms with Crippen LogP contribution in [0.25, 0.3) is 0 Å². The van der Waals surface area contributed by atoms with Crippen molar-refractivity contribution in [1.29, 1.82) is 0 Å². The van der Waals surface area contributed by atoms with Gasteiger partial charge in [-0.3, -0.25) is 0 Å². The van der Waals surface area contributed by atoms with E-state index in [1.165, 1.54) is 44.1 Å². The van der Waals surface area contributed by atoms with E-state index in [4.69, 9.17) is 23.2 Å². The molecule has 20 heavy (non-hydrogen) atoms. The summed E-state index contributed by atoms with van der Waals surface area (Å²) < 4.78 is 0. The lowest BCUT2D eigenvalue weighted by molar-refractivity contribution is -0.0528. The van der Waals surface area contributed by atoms with Crippen LogP contribution in [0.2, 0.25) is 10.0 Å². The standard InChI is InChI=1S/C17H19BrCl2/c18-16(13-1-2-14(19)15(20)6-13)17-7-10-3-11(8-17)5-12(4-10)9-17/h1-2,6,10-12,16H,3-5,7-9H2. The smallest absolute Gasteiger partial charge is 0.0595 e. The summed E-state index contributed by atoms with van der Waals surface area (Å²) in [5.41, 5.74) is 1.77. The van der Waals surface area contributed by atoms with Gasteiger partial charge in [-0.25, -0.2) is 0 Å². The Morgan fingerprint density at radius 3 is 2.00 bits per heavy atom. The highest BCUT2D eigenvalue weighted by Crippen LogP contribution is 2.66. The van der Waals surface area contributed by atoms with E-state index in [0.29, 0.717) is 20.3 Å². The van der Waals surface area contributed by atoms with Crippen LogP contribution in [0.15, 0.2) is 18.2 Å². The molecule has 3 heteroatoms. The molecule has 1 unspecified atom stereocenters. The van der Waals surface area contributed by atoms with Crippen LogP contribution in [-0.4, -0.2) is 0 Å². The van der Waals surface area contributed by atoms with E-state index in [1.807, 2.05) is 6.07 Å². The Balaban J connectivity index is 1.67. The SMILES string of the molecule is Clc1ccc(C(Br)C23CC4CC(CC(C4)C2)C3)cc1Cl. The largest absolute Gasteiger partial charge is 0.0833 e. The van der Waals surface area contributed by atoms with Crippen molar-refractivity contribution in [2.24, 2.45) is 23.2 Å². The van der Waals surface area contributed by atoms with E-state index < -0.39 is 0 Å². The quantitative estimate of drug-likeness (QED) is 0.509. The van der Waals surface area contributed by atoms with Gasteiger partial charge >= 0.3 is 0 Å². The van der Waals surface area contributed by atoms with Gasteiger partial charge in [0.1, 0.15) is 0 Å². The molecule has 0 aliphatic heterocycles. The second kappa shape index (κ2) is 4.89. The lowest BCUT2D eigenvalue weighted by Crippen LogP contribution is -2.47.